The molecule has 3 rings (SSSR count). The number of carbonyl (C=O) groups is 2. The highest BCUT2D eigenvalue weighted by molar-refractivity contribution is 6.04. The molecule has 144 valence electrons. The lowest BCUT2D eigenvalue weighted by Crippen LogP contribution is -2.30. The number of carbonyl (C=O) groups excluding carboxylic acids is 2. The van der Waals surface area contributed by atoms with Crippen molar-refractivity contribution in [2.45, 2.75) is 13.0 Å². The highest BCUT2D eigenvalue weighted by atomic mass is 16.5. The van der Waals surface area contributed by atoms with Crippen LogP contribution in [0.2, 0.25) is 0 Å². The molecule has 0 aliphatic heterocycles. The van der Waals surface area contributed by atoms with Crippen molar-refractivity contribution in [2.24, 2.45) is 0 Å². The van der Waals surface area contributed by atoms with Crippen molar-refractivity contribution in [3.63, 3.8) is 0 Å². The average Bonchev–Trinajstić information content (AvgIpc) is 2.73. The van der Waals surface area contributed by atoms with Crippen LogP contribution in [0.3, 0.4) is 0 Å². The molecule has 0 heterocycles. The van der Waals surface area contributed by atoms with E-state index in [1.807, 2.05) is 42.5 Å². The van der Waals surface area contributed by atoms with E-state index >= 15 is 0 Å². The summed E-state index contributed by atoms with van der Waals surface area (Å²) in [6.45, 7) is 1.52. The van der Waals surface area contributed by atoms with Crippen LogP contribution in [0.1, 0.15) is 17.3 Å². The first kappa shape index (κ1) is 19.2. The molecular formula is C22H21NO5. The Labute approximate surface area is 163 Å². The molecule has 0 bridgehead atoms. The van der Waals surface area contributed by atoms with E-state index in [2.05, 4.69) is 5.32 Å². The van der Waals surface area contributed by atoms with Crippen LogP contribution in [-0.4, -0.2) is 32.2 Å². The zero-order chi connectivity index (χ0) is 20.1. The largest absolute Gasteiger partial charge is 0.497 e. The maximum absolute atomic E-state index is 12.5. The van der Waals surface area contributed by atoms with Gasteiger partial charge >= 0.3 is 5.97 Å². The number of nitrogens with one attached hydrogen (secondary N) is 1. The van der Waals surface area contributed by atoms with E-state index in [0.717, 1.165) is 10.8 Å². The van der Waals surface area contributed by atoms with Gasteiger partial charge in [0, 0.05) is 17.1 Å². The number of ether oxygens (including phenoxy) is 3. The normalized spacial score (nSPS) is 11.5. The summed E-state index contributed by atoms with van der Waals surface area (Å²) < 4.78 is 15.6. The Morgan fingerprint density at radius 3 is 2.21 bits per heavy atom. The molecule has 6 heteroatoms. The van der Waals surface area contributed by atoms with Gasteiger partial charge in [-0.2, -0.15) is 0 Å². The smallest absolute Gasteiger partial charge is 0.339 e. The second kappa shape index (κ2) is 8.43. The highest BCUT2D eigenvalue weighted by Crippen LogP contribution is 2.25. The number of anilines is 1. The van der Waals surface area contributed by atoms with Gasteiger partial charge in [-0.25, -0.2) is 4.79 Å². The number of hydrogen-bond acceptors (Lipinski definition) is 5. The summed E-state index contributed by atoms with van der Waals surface area (Å²) >= 11 is 0. The van der Waals surface area contributed by atoms with E-state index in [9.17, 15) is 9.59 Å². The number of hydrogen-bond donors (Lipinski definition) is 1. The van der Waals surface area contributed by atoms with E-state index in [1.54, 1.807) is 6.07 Å². The number of esters is 1. The number of methoxy groups -OCH3 is 2. The van der Waals surface area contributed by atoms with E-state index in [1.165, 1.54) is 33.3 Å². The van der Waals surface area contributed by atoms with Gasteiger partial charge in [0.25, 0.3) is 5.91 Å². The molecule has 0 radical (unpaired) electrons. The first-order valence-corrected chi connectivity index (χ1v) is 8.74. The third-order valence-corrected chi connectivity index (χ3v) is 4.29. The Morgan fingerprint density at radius 1 is 0.893 bits per heavy atom. The van der Waals surface area contributed by atoms with Crippen LogP contribution < -0.4 is 14.8 Å². The van der Waals surface area contributed by atoms with E-state index in [0.29, 0.717) is 17.2 Å². The first-order chi connectivity index (χ1) is 13.5. The number of rotatable bonds is 6. The Kier molecular flexibility index (Phi) is 5.79. The van der Waals surface area contributed by atoms with Crippen molar-refractivity contribution in [2.75, 3.05) is 19.5 Å². The Hall–Kier alpha value is -3.54. The third-order valence-electron chi connectivity index (χ3n) is 4.29. The molecular weight excluding hydrogens is 358 g/mol. The summed E-state index contributed by atoms with van der Waals surface area (Å²) in [6.07, 6.45) is -0.983. The highest BCUT2D eigenvalue weighted by Gasteiger charge is 2.20. The fourth-order valence-electron chi connectivity index (χ4n) is 2.78. The zero-order valence-corrected chi connectivity index (χ0v) is 15.9. The fourth-order valence-corrected chi connectivity index (χ4v) is 2.78. The molecule has 1 amide bonds. The standard InChI is InChI=1S/C22H21NO5/c1-14(28-22(25)16-11-17(26-2)13-18(12-16)27-3)21(24)23-20-10-6-8-15-7-4-5-9-19(15)20/h4-14H,1-3H3,(H,23,24)/t14-/m1/s1. The summed E-state index contributed by atoms with van der Waals surface area (Å²) in [6, 6.07) is 18.0. The van der Waals surface area contributed by atoms with Crippen molar-refractivity contribution in [1.82, 2.24) is 0 Å². The molecule has 0 spiro atoms. The number of amides is 1. The van der Waals surface area contributed by atoms with Crippen molar-refractivity contribution in [1.29, 1.82) is 0 Å². The molecule has 0 aliphatic rings. The molecule has 1 N–H and O–H groups in total. The summed E-state index contributed by atoms with van der Waals surface area (Å²) in [7, 11) is 2.98. The molecule has 0 saturated heterocycles. The van der Waals surface area contributed by atoms with Crippen molar-refractivity contribution in [3.8, 4) is 11.5 Å². The van der Waals surface area contributed by atoms with Gasteiger partial charge in [-0.05, 0) is 30.5 Å². The third kappa shape index (κ3) is 4.23. The molecule has 3 aromatic carbocycles. The fraction of sp³-hybridized carbons (Fsp3) is 0.182. The van der Waals surface area contributed by atoms with Gasteiger partial charge in [0.15, 0.2) is 6.10 Å². The van der Waals surface area contributed by atoms with Gasteiger partial charge in [0.2, 0.25) is 0 Å². The lowest BCUT2D eigenvalue weighted by atomic mass is 10.1. The van der Waals surface area contributed by atoms with Crippen molar-refractivity contribution in [3.05, 3.63) is 66.2 Å². The van der Waals surface area contributed by atoms with Gasteiger partial charge in [-0.15, -0.1) is 0 Å². The predicted octanol–water partition coefficient (Wildman–Crippen LogP) is 4.04. The van der Waals surface area contributed by atoms with Gasteiger partial charge in [0.05, 0.1) is 19.8 Å². The van der Waals surface area contributed by atoms with Gasteiger partial charge in [0.1, 0.15) is 11.5 Å². The molecule has 0 fully saturated rings. The SMILES string of the molecule is COc1cc(OC)cc(C(=O)O[C@H](C)C(=O)Nc2cccc3ccccc23)c1. The zero-order valence-electron chi connectivity index (χ0n) is 15.9. The lowest BCUT2D eigenvalue weighted by molar-refractivity contribution is -0.123. The van der Waals surface area contributed by atoms with Crippen molar-refractivity contribution >= 4 is 28.3 Å². The lowest BCUT2D eigenvalue weighted by Gasteiger charge is -2.15. The summed E-state index contributed by atoms with van der Waals surface area (Å²) in [5.41, 5.74) is 0.898. The topological polar surface area (TPSA) is 73.9 Å². The van der Waals surface area contributed by atoms with E-state index < -0.39 is 18.0 Å². The molecule has 0 aromatic heterocycles. The molecule has 0 aliphatic carbocycles. The van der Waals surface area contributed by atoms with Gasteiger partial charge < -0.3 is 19.5 Å². The van der Waals surface area contributed by atoms with Crippen LogP contribution in [-0.2, 0) is 9.53 Å². The number of fused-ring (bicyclic) bond motifs is 1. The summed E-state index contributed by atoms with van der Waals surface area (Å²) in [4.78, 5) is 25.0. The van der Waals surface area contributed by atoms with Crippen molar-refractivity contribution < 1.29 is 23.8 Å². The minimum absolute atomic E-state index is 0.237. The van der Waals surface area contributed by atoms with Crippen LogP contribution in [0.15, 0.2) is 60.7 Å². The molecule has 3 aromatic rings. The van der Waals surface area contributed by atoms with Crippen LogP contribution in [0.5, 0.6) is 11.5 Å². The van der Waals surface area contributed by atoms with E-state index in [4.69, 9.17) is 14.2 Å². The molecule has 0 saturated carbocycles. The number of benzene rings is 3. The van der Waals surface area contributed by atoms with Gasteiger partial charge in [-0.3, -0.25) is 4.79 Å². The minimum Gasteiger partial charge on any atom is -0.497 e. The Balaban J connectivity index is 1.73. The molecule has 0 unspecified atom stereocenters. The van der Waals surface area contributed by atoms with Crippen LogP contribution in [0.25, 0.3) is 10.8 Å². The van der Waals surface area contributed by atoms with Crippen LogP contribution in [0.4, 0.5) is 5.69 Å². The minimum atomic E-state index is -0.983. The maximum atomic E-state index is 12.5. The van der Waals surface area contributed by atoms with Crippen LogP contribution >= 0.6 is 0 Å². The Bertz CT molecular complexity index is 987. The second-order valence-corrected chi connectivity index (χ2v) is 6.16. The molecule has 6 nitrogen and oxygen atoms in total. The van der Waals surface area contributed by atoms with E-state index in [-0.39, 0.29) is 5.56 Å². The summed E-state index contributed by atoms with van der Waals surface area (Å²) in [5.74, 6) is -0.143. The second-order valence-electron chi connectivity index (χ2n) is 6.16. The quantitative estimate of drug-likeness (QED) is 0.654. The molecule has 28 heavy (non-hydrogen) atoms. The van der Waals surface area contributed by atoms with Gasteiger partial charge in [-0.1, -0.05) is 36.4 Å². The molecule has 1 atom stereocenters. The Morgan fingerprint density at radius 2 is 1.54 bits per heavy atom. The average molecular weight is 379 g/mol. The van der Waals surface area contributed by atoms with Crippen LogP contribution in [0, 0.1) is 0 Å². The monoisotopic (exact) mass is 379 g/mol. The maximum Gasteiger partial charge on any atom is 0.339 e. The predicted molar refractivity (Wildman–Crippen MR) is 107 cm³/mol. The summed E-state index contributed by atoms with van der Waals surface area (Å²) in [5, 5.41) is 4.74. The first-order valence-electron chi connectivity index (χ1n) is 8.74.